The van der Waals surface area contributed by atoms with Crippen LogP contribution in [0.2, 0.25) is 0 Å². The van der Waals surface area contributed by atoms with Crippen LogP contribution in [0.5, 0.6) is 0 Å². The molecule has 0 aliphatic heterocycles. The van der Waals surface area contributed by atoms with Gasteiger partial charge in [0.1, 0.15) is 0 Å². The van der Waals surface area contributed by atoms with E-state index in [0.717, 1.165) is 29.5 Å². The molecule has 0 amide bonds. The Hall–Kier alpha value is -1.10. The molecule has 4 nitrogen and oxygen atoms in total. The van der Waals surface area contributed by atoms with Gasteiger partial charge in [-0.15, -0.1) is 11.3 Å². The Bertz CT molecular complexity index is 432. The molecule has 0 fully saturated rings. The summed E-state index contributed by atoms with van der Waals surface area (Å²) in [6, 6.07) is 0.386. The average Bonchev–Trinajstić information content (AvgIpc) is 2.68. The van der Waals surface area contributed by atoms with Gasteiger partial charge in [0.2, 0.25) is 0 Å². The van der Waals surface area contributed by atoms with E-state index in [0.29, 0.717) is 18.5 Å². The molecule has 1 heterocycles. The molecule has 1 unspecified atom stereocenters. The van der Waals surface area contributed by atoms with Crippen molar-refractivity contribution in [1.29, 1.82) is 0 Å². The summed E-state index contributed by atoms with van der Waals surface area (Å²) < 4.78 is 0. The standard InChI is InChI=1S/C16H30N4S/c1-11(2)7-6-8-12(3)19-16(17)18-10-9-15-20-13(4)14(5)21-15/h11-12H,6-10H2,1-5H3,(H3,17,18,19). The highest BCUT2D eigenvalue weighted by molar-refractivity contribution is 7.11. The fourth-order valence-electron chi connectivity index (χ4n) is 2.12. The van der Waals surface area contributed by atoms with Crippen LogP contribution in [0.3, 0.4) is 0 Å². The minimum atomic E-state index is 0.386. The second-order valence-electron chi connectivity index (χ2n) is 6.14. The van der Waals surface area contributed by atoms with Crippen molar-refractivity contribution in [3.8, 4) is 0 Å². The Morgan fingerprint density at radius 3 is 2.57 bits per heavy atom. The van der Waals surface area contributed by atoms with Crippen LogP contribution in [-0.4, -0.2) is 23.5 Å². The summed E-state index contributed by atoms with van der Waals surface area (Å²) in [6.07, 6.45) is 4.51. The van der Waals surface area contributed by atoms with Gasteiger partial charge in [-0.3, -0.25) is 4.99 Å². The minimum absolute atomic E-state index is 0.386. The van der Waals surface area contributed by atoms with Gasteiger partial charge in [-0.1, -0.05) is 26.7 Å². The molecule has 0 aliphatic carbocycles. The van der Waals surface area contributed by atoms with E-state index in [2.05, 4.69) is 43.0 Å². The van der Waals surface area contributed by atoms with Gasteiger partial charge in [0, 0.05) is 23.9 Å². The first-order chi connectivity index (χ1) is 9.88. The summed E-state index contributed by atoms with van der Waals surface area (Å²) >= 11 is 1.75. The highest BCUT2D eigenvalue weighted by Crippen LogP contribution is 2.16. The van der Waals surface area contributed by atoms with E-state index in [1.807, 2.05) is 6.92 Å². The molecular formula is C16H30N4S. The molecule has 0 bridgehead atoms. The van der Waals surface area contributed by atoms with Crippen molar-refractivity contribution >= 4 is 17.3 Å². The lowest BCUT2D eigenvalue weighted by Crippen LogP contribution is -2.38. The zero-order valence-corrected chi connectivity index (χ0v) is 14.9. The van der Waals surface area contributed by atoms with Crippen molar-refractivity contribution in [1.82, 2.24) is 10.3 Å². The van der Waals surface area contributed by atoms with Crippen molar-refractivity contribution in [3.63, 3.8) is 0 Å². The number of nitrogens with one attached hydrogen (secondary N) is 1. The van der Waals surface area contributed by atoms with Crippen LogP contribution in [0.25, 0.3) is 0 Å². The number of aromatic nitrogens is 1. The summed E-state index contributed by atoms with van der Waals surface area (Å²) in [7, 11) is 0. The smallest absolute Gasteiger partial charge is 0.188 e. The SMILES string of the molecule is Cc1nc(CCN=C(N)NC(C)CCCC(C)C)sc1C. The van der Waals surface area contributed by atoms with Crippen molar-refractivity contribution in [2.24, 2.45) is 16.6 Å². The lowest BCUT2D eigenvalue weighted by molar-refractivity contribution is 0.493. The van der Waals surface area contributed by atoms with E-state index in [4.69, 9.17) is 5.73 Å². The summed E-state index contributed by atoms with van der Waals surface area (Å²) in [5.74, 6) is 1.32. The molecule has 21 heavy (non-hydrogen) atoms. The largest absolute Gasteiger partial charge is 0.370 e. The van der Waals surface area contributed by atoms with E-state index in [1.54, 1.807) is 11.3 Å². The van der Waals surface area contributed by atoms with Crippen molar-refractivity contribution < 1.29 is 0 Å². The van der Waals surface area contributed by atoms with E-state index >= 15 is 0 Å². The summed E-state index contributed by atoms with van der Waals surface area (Å²) in [5, 5.41) is 4.41. The Morgan fingerprint density at radius 1 is 1.29 bits per heavy atom. The average molecular weight is 311 g/mol. The quantitative estimate of drug-likeness (QED) is 0.571. The molecule has 0 radical (unpaired) electrons. The molecule has 0 saturated carbocycles. The van der Waals surface area contributed by atoms with Gasteiger partial charge in [-0.05, 0) is 33.1 Å². The molecule has 3 N–H and O–H groups in total. The van der Waals surface area contributed by atoms with Gasteiger partial charge in [0.25, 0.3) is 0 Å². The zero-order chi connectivity index (χ0) is 15.8. The lowest BCUT2D eigenvalue weighted by atomic mass is 10.0. The third-order valence-electron chi connectivity index (χ3n) is 3.49. The second kappa shape index (κ2) is 9.03. The molecule has 1 aromatic rings. The van der Waals surface area contributed by atoms with Gasteiger partial charge in [0.15, 0.2) is 5.96 Å². The van der Waals surface area contributed by atoms with Gasteiger partial charge in [-0.2, -0.15) is 0 Å². The molecule has 1 atom stereocenters. The number of aliphatic imine (C=N–C) groups is 1. The van der Waals surface area contributed by atoms with E-state index in [-0.39, 0.29) is 0 Å². The van der Waals surface area contributed by atoms with E-state index in [9.17, 15) is 0 Å². The summed E-state index contributed by atoms with van der Waals surface area (Å²) in [5.41, 5.74) is 7.06. The van der Waals surface area contributed by atoms with Crippen molar-refractivity contribution in [2.75, 3.05) is 6.54 Å². The van der Waals surface area contributed by atoms with Crippen LogP contribution in [-0.2, 0) is 6.42 Å². The fourth-order valence-corrected chi connectivity index (χ4v) is 3.04. The van der Waals surface area contributed by atoms with Gasteiger partial charge >= 0.3 is 0 Å². The Balaban J connectivity index is 2.26. The summed E-state index contributed by atoms with van der Waals surface area (Å²) in [6.45, 7) is 11.5. The maximum Gasteiger partial charge on any atom is 0.188 e. The molecule has 0 spiro atoms. The van der Waals surface area contributed by atoms with Crippen LogP contribution in [0.15, 0.2) is 4.99 Å². The van der Waals surface area contributed by atoms with E-state index in [1.165, 1.54) is 17.7 Å². The minimum Gasteiger partial charge on any atom is -0.370 e. The Morgan fingerprint density at radius 2 is 2.00 bits per heavy atom. The molecule has 0 aliphatic rings. The van der Waals surface area contributed by atoms with Crippen LogP contribution >= 0.6 is 11.3 Å². The highest BCUT2D eigenvalue weighted by Gasteiger charge is 2.05. The van der Waals surface area contributed by atoms with Crippen LogP contribution in [0.4, 0.5) is 0 Å². The Kier molecular flexibility index (Phi) is 7.72. The summed E-state index contributed by atoms with van der Waals surface area (Å²) in [4.78, 5) is 10.2. The van der Waals surface area contributed by atoms with Crippen LogP contribution < -0.4 is 11.1 Å². The molecule has 1 rings (SSSR count). The Labute approximate surface area is 133 Å². The van der Waals surface area contributed by atoms with E-state index < -0.39 is 0 Å². The normalized spacial score (nSPS) is 13.7. The first kappa shape index (κ1) is 18.0. The number of guanidine groups is 1. The van der Waals surface area contributed by atoms with Crippen molar-refractivity contribution in [2.45, 2.75) is 66.3 Å². The maximum atomic E-state index is 5.93. The van der Waals surface area contributed by atoms with Gasteiger partial charge in [0.05, 0.1) is 10.7 Å². The lowest BCUT2D eigenvalue weighted by Gasteiger charge is -2.14. The number of hydrogen-bond acceptors (Lipinski definition) is 3. The number of thiazole rings is 1. The second-order valence-corrected chi connectivity index (χ2v) is 7.42. The maximum absolute atomic E-state index is 5.93. The number of rotatable bonds is 8. The first-order valence-electron chi connectivity index (χ1n) is 7.87. The number of aryl methyl sites for hydroxylation is 2. The predicted octanol–water partition coefficient (Wildman–Crippen LogP) is 3.42. The number of nitrogens with two attached hydrogens (primary N) is 1. The third-order valence-corrected chi connectivity index (χ3v) is 4.63. The molecule has 120 valence electrons. The predicted molar refractivity (Wildman–Crippen MR) is 93.1 cm³/mol. The van der Waals surface area contributed by atoms with Crippen LogP contribution in [0.1, 0.15) is 55.6 Å². The fraction of sp³-hybridized carbons (Fsp3) is 0.750. The third kappa shape index (κ3) is 7.46. The monoisotopic (exact) mass is 310 g/mol. The van der Waals surface area contributed by atoms with Gasteiger partial charge < -0.3 is 11.1 Å². The highest BCUT2D eigenvalue weighted by atomic mass is 32.1. The molecule has 0 saturated heterocycles. The zero-order valence-electron chi connectivity index (χ0n) is 14.1. The molecule has 1 aromatic heterocycles. The van der Waals surface area contributed by atoms with Gasteiger partial charge in [-0.25, -0.2) is 4.98 Å². The van der Waals surface area contributed by atoms with Crippen molar-refractivity contribution in [3.05, 3.63) is 15.6 Å². The number of nitrogens with zero attached hydrogens (tertiary/aromatic N) is 2. The first-order valence-corrected chi connectivity index (χ1v) is 8.69. The molecule has 5 heteroatoms. The topological polar surface area (TPSA) is 63.3 Å². The molecular weight excluding hydrogens is 280 g/mol. The molecule has 0 aromatic carbocycles. The number of hydrogen-bond donors (Lipinski definition) is 2. The van der Waals surface area contributed by atoms with Crippen LogP contribution in [0, 0.1) is 19.8 Å².